The Hall–Kier alpha value is -3.64. The summed E-state index contributed by atoms with van der Waals surface area (Å²) in [4.78, 5) is 30.4. The molecule has 1 N–H and O–H groups in total. The molecule has 6 nitrogen and oxygen atoms in total. The lowest BCUT2D eigenvalue weighted by atomic mass is 10.2. The van der Waals surface area contributed by atoms with Gasteiger partial charge in [0.2, 0.25) is 0 Å². The third-order valence-electron chi connectivity index (χ3n) is 4.66. The van der Waals surface area contributed by atoms with Crippen molar-refractivity contribution in [3.05, 3.63) is 99.4 Å². The number of hydrogen-bond acceptors (Lipinski definition) is 4. The highest BCUT2D eigenvalue weighted by molar-refractivity contribution is 6.32. The smallest absolute Gasteiger partial charge is 0.283 e. The zero-order chi connectivity index (χ0) is 21.1. The Bertz CT molecular complexity index is 1290. The maximum absolute atomic E-state index is 13.2. The Labute approximate surface area is 177 Å². The van der Waals surface area contributed by atoms with Crippen LogP contribution in [0.25, 0.3) is 11.0 Å². The van der Waals surface area contributed by atoms with Crippen molar-refractivity contribution in [2.24, 2.45) is 0 Å². The molecular weight excluding hydrogens is 402 g/mol. The lowest BCUT2D eigenvalue weighted by Gasteiger charge is -2.13. The van der Waals surface area contributed by atoms with Crippen LogP contribution in [0.15, 0.2) is 77.6 Å². The fourth-order valence-corrected chi connectivity index (χ4v) is 3.46. The summed E-state index contributed by atoms with van der Waals surface area (Å²) in [5.41, 5.74) is 1.96. The van der Waals surface area contributed by atoms with Crippen LogP contribution in [0, 0.1) is 0 Å². The number of benzene rings is 3. The summed E-state index contributed by atoms with van der Waals surface area (Å²) in [7, 11) is 1.51. The monoisotopic (exact) mass is 419 g/mol. The van der Waals surface area contributed by atoms with E-state index in [-0.39, 0.29) is 5.69 Å². The van der Waals surface area contributed by atoms with Crippen molar-refractivity contribution in [2.45, 2.75) is 6.54 Å². The van der Waals surface area contributed by atoms with E-state index in [4.69, 9.17) is 16.3 Å². The Morgan fingerprint density at radius 3 is 2.53 bits per heavy atom. The number of aromatic nitrogens is 2. The van der Waals surface area contributed by atoms with Gasteiger partial charge in [-0.25, -0.2) is 4.98 Å². The van der Waals surface area contributed by atoms with Crippen LogP contribution in [0.3, 0.4) is 0 Å². The van der Waals surface area contributed by atoms with Gasteiger partial charge in [0.05, 0.1) is 29.7 Å². The molecule has 1 amide bonds. The number of halogens is 1. The first-order valence-corrected chi connectivity index (χ1v) is 9.63. The predicted molar refractivity (Wildman–Crippen MR) is 118 cm³/mol. The van der Waals surface area contributed by atoms with E-state index in [1.54, 1.807) is 28.8 Å². The average molecular weight is 420 g/mol. The number of nitrogens with one attached hydrogen (secondary N) is 1. The highest BCUT2D eigenvalue weighted by atomic mass is 35.5. The second-order valence-electron chi connectivity index (χ2n) is 6.63. The molecular formula is C23H18ClN3O3. The van der Waals surface area contributed by atoms with Crippen molar-refractivity contribution in [1.29, 1.82) is 0 Å². The van der Waals surface area contributed by atoms with Crippen LogP contribution >= 0.6 is 11.6 Å². The molecule has 0 bridgehead atoms. The number of amides is 1. The third-order valence-corrected chi connectivity index (χ3v) is 4.96. The average Bonchev–Trinajstić information content (AvgIpc) is 2.76. The minimum absolute atomic E-state index is 0.184. The lowest BCUT2D eigenvalue weighted by molar-refractivity contribution is 0.102. The Morgan fingerprint density at radius 1 is 1.07 bits per heavy atom. The normalized spacial score (nSPS) is 10.7. The molecule has 30 heavy (non-hydrogen) atoms. The molecule has 0 atom stereocenters. The zero-order valence-corrected chi connectivity index (χ0v) is 16.9. The third kappa shape index (κ3) is 3.90. The SMILES string of the molecule is COc1ccc(NC(=O)c2nc3ccccc3n(Cc3ccccc3)c2=O)cc1Cl. The Morgan fingerprint density at radius 2 is 1.80 bits per heavy atom. The standard InChI is InChI=1S/C23H18ClN3O3/c1-30-20-12-11-16(13-17(20)24)25-22(28)21-23(29)27(14-15-7-3-2-4-8-15)19-10-6-5-9-18(19)26-21/h2-13H,14H2,1H3,(H,25,28). The minimum Gasteiger partial charge on any atom is -0.495 e. The van der Waals surface area contributed by atoms with Crippen molar-refractivity contribution in [2.75, 3.05) is 12.4 Å². The predicted octanol–water partition coefficient (Wildman–Crippen LogP) is 4.36. The summed E-state index contributed by atoms with van der Waals surface area (Å²) in [6.45, 7) is 0.331. The van der Waals surface area contributed by atoms with Crippen molar-refractivity contribution in [3.63, 3.8) is 0 Å². The van der Waals surface area contributed by atoms with Crippen LogP contribution in [-0.4, -0.2) is 22.6 Å². The fraction of sp³-hybridized carbons (Fsp3) is 0.0870. The molecule has 0 saturated heterocycles. The first-order chi connectivity index (χ1) is 14.6. The van der Waals surface area contributed by atoms with E-state index in [1.807, 2.05) is 48.5 Å². The molecule has 0 aliphatic carbocycles. The molecule has 0 radical (unpaired) electrons. The van der Waals surface area contributed by atoms with Gasteiger partial charge < -0.3 is 14.6 Å². The number of methoxy groups -OCH3 is 1. The van der Waals surface area contributed by atoms with Crippen molar-refractivity contribution in [1.82, 2.24) is 9.55 Å². The number of hydrogen-bond donors (Lipinski definition) is 1. The van der Waals surface area contributed by atoms with Crippen LogP contribution in [-0.2, 0) is 6.54 Å². The number of carbonyl (C=O) groups is 1. The molecule has 0 unspecified atom stereocenters. The molecule has 1 aromatic heterocycles. The van der Waals surface area contributed by atoms with Gasteiger partial charge in [0.15, 0.2) is 5.69 Å². The number of carbonyl (C=O) groups excluding carboxylic acids is 1. The highest BCUT2D eigenvalue weighted by Gasteiger charge is 2.18. The van der Waals surface area contributed by atoms with E-state index in [0.29, 0.717) is 34.0 Å². The first-order valence-electron chi connectivity index (χ1n) is 9.25. The first kappa shape index (κ1) is 19.7. The summed E-state index contributed by atoms with van der Waals surface area (Å²) < 4.78 is 6.68. The second-order valence-corrected chi connectivity index (χ2v) is 7.04. The number of para-hydroxylation sites is 2. The minimum atomic E-state index is -0.603. The van der Waals surface area contributed by atoms with Gasteiger partial charge in [-0.15, -0.1) is 0 Å². The van der Waals surface area contributed by atoms with Crippen LogP contribution in [0.4, 0.5) is 5.69 Å². The van der Waals surface area contributed by atoms with Gasteiger partial charge in [-0.1, -0.05) is 54.1 Å². The largest absolute Gasteiger partial charge is 0.495 e. The van der Waals surface area contributed by atoms with E-state index in [9.17, 15) is 9.59 Å². The van der Waals surface area contributed by atoms with Gasteiger partial charge in [0.25, 0.3) is 11.5 Å². The number of nitrogens with zero attached hydrogens (tertiary/aromatic N) is 2. The van der Waals surface area contributed by atoms with Gasteiger partial charge in [-0.2, -0.15) is 0 Å². The van der Waals surface area contributed by atoms with Crippen molar-refractivity contribution < 1.29 is 9.53 Å². The second kappa shape index (κ2) is 8.39. The number of rotatable bonds is 5. The van der Waals surface area contributed by atoms with Gasteiger partial charge in [-0.05, 0) is 35.9 Å². The summed E-state index contributed by atoms with van der Waals surface area (Å²) >= 11 is 6.13. The van der Waals surface area contributed by atoms with Gasteiger partial charge in [0.1, 0.15) is 5.75 Å². The summed E-state index contributed by atoms with van der Waals surface area (Å²) in [6, 6.07) is 21.7. The lowest BCUT2D eigenvalue weighted by Crippen LogP contribution is -2.31. The van der Waals surface area contributed by atoms with E-state index in [2.05, 4.69) is 10.3 Å². The molecule has 7 heteroatoms. The van der Waals surface area contributed by atoms with E-state index in [0.717, 1.165) is 5.56 Å². The van der Waals surface area contributed by atoms with Crippen LogP contribution in [0.1, 0.15) is 16.1 Å². The summed E-state index contributed by atoms with van der Waals surface area (Å²) in [5, 5.41) is 3.04. The van der Waals surface area contributed by atoms with E-state index < -0.39 is 11.5 Å². The molecule has 4 rings (SSSR count). The van der Waals surface area contributed by atoms with E-state index in [1.165, 1.54) is 7.11 Å². The maximum Gasteiger partial charge on any atom is 0.283 e. The topological polar surface area (TPSA) is 73.2 Å². The number of ether oxygens (including phenoxy) is 1. The molecule has 0 aliphatic rings. The molecule has 1 heterocycles. The molecule has 0 saturated carbocycles. The summed E-state index contributed by atoms with van der Waals surface area (Å²) in [6.07, 6.45) is 0. The molecule has 4 aromatic rings. The molecule has 0 spiro atoms. The number of fused-ring (bicyclic) bond motifs is 1. The van der Waals surface area contributed by atoms with Gasteiger partial charge in [-0.3, -0.25) is 9.59 Å². The van der Waals surface area contributed by atoms with Crippen molar-refractivity contribution in [3.8, 4) is 5.75 Å². The quantitative estimate of drug-likeness (QED) is 0.521. The zero-order valence-electron chi connectivity index (χ0n) is 16.1. The van der Waals surface area contributed by atoms with Crippen molar-refractivity contribution >= 4 is 34.2 Å². The Kier molecular flexibility index (Phi) is 5.50. The fourth-order valence-electron chi connectivity index (χ4n) is 3.20. The molecule has 0 aliphatic heterocycles. The van der Waals surface area contributed by atoms with E-state index >= 15 is 0 Å². The maximum atomic E-state index is 13.2. The molecule has 3 aromatic carbocycles. The number of anilines is 1. The van der Waals surface area contributed by atoms with Crippen LogP contribution in [0.2, 0.25) is 5.02 Å². The van der Waals surface area contributed by atoms with Gasteiger partial charge >= 0.3 is 0 Å². The van der Waals surface area contributed by atoms with Crippen LogP contribution in [0.5, 0.6) is 5.75 Å². The summed E-state index contributed by atoms with van der Waals surface area (Å²) in [5.74, 6) is -0.113. The van der Waals surface area contributed by atoms with Gasteiger partial charge in [0, 0.05) is 5.69 Å². The van der Waals surface area contributed by atoms with Crippen LogP contribution < -0.4 is 15.6 Å². The highest BCUT2D eigenvalue weighted by Crippen LogP contribution is 2.27. The molecule has 150 valence electrons. The Balaban J connectivity index is 1.75. The molecule has 0 fully saturated rings.